The van der Waals surface area contributed by atoms with Crippen molar-refractivity contribution in [3.05, 3.63) is 58.6 Å². The fraction of sp³-hybridized carbons (Fsp3) is 0.657. The molecule has 0 spiro atoms. The molecule has 0 aromatic heterocycles. The molecular formula is C35H54ClN5O2S2. The molecule has 2 heterocycles. The second kappa shape index (κ2) is 16.2. The van der Waals surface area contributed by atoms with Crippen LogP contribution in [0.4, 0.5) is 5.69 Å². The second-order valence-electron chi connectivity index (χ2n) is 13.7. The minimum atomic E-state index is -3.65. The van der Waals surface area contributed by atoms with E-state index in [1.54, 1.807) is 12.1 Å². The molecule has 1 saturated carbocycles. The minimum Gasteiger partial charge on any atom is -0.378 e. The predicted octanol–water partition coefficient (Wildman–Crippen LogP) is 7.02. The van der Waals surface area contributed by atoms with Gasteiger partial charge in [0.25, 0.3) is 0 Å². The average molecular weight is 676 g/mol. The Bertz CT molecular complexity index is 1340. The summed E-state index contributed by atoms with van der Waals surface area (Å²) >= 11 is 8.14. The summed E-state index contributed by atoms with van der Waals surface area (Å²) in [4.78, 5) is 5.03. The van der Waals surface area contributed by atoms with E-state index in [1.807, 2.05) is 53.6 Å². The van der Waals surface area contributed by atoms with Crippen molar-refractivity contribution < 1.29 is 8.42 Å². The molecule has 10 heteroatoms. The zero-order chi connectivity index (χ0) is 32.0. The zero-order valence-electron chi connectivity index (χ0n) is 27.8. The Morgan fingerprint density at radius 1 is 0.844 bits per heavy atom. The minimum absolute atomic E-state index is 0.123. The maximum Gasteiger partial charge on any atom is 0.243 e. The van der Waals surface area contributed by atoms with Gasteiger partial charge in [-0.05, 0) is 111 Å². The van der Waals surface area contributed by atoms with Crippen LogP contribution in [-0.2, 0) is 23.0 Å². The molecule has 1 saturated heterocycles. The molecule has 0 bridgehead atoms. The number of hydrogen-bond donors (Lipinski definition) is 0. The Labute approximate surface area is 282 Å². The lowest BCUT2D eigenvalue weighted by Crippen LogP contribution is -2.47. The molecule has 5 rings (SSSR count). The molecule has 2 unspecified atom stereocenters. The van der Waals surface area contributed by atoms with Crippen molar-refractivity contribution in [3.63, 3.8) is 0 Å². The Morgan fingerprint density at radius 3 is 2.27 bits per heavy atom. The van der Waals surface area contributed by atoms with Crippen LogP contribution in [0.1, 0.15) is 69.9 Å². The summed E-state index contributed by atoms with van der Waals surface area (Å²) in [5.74, 6) is 0.940. The predicted molar refractivity (Wildman–Crippen MR) is 190 cm³/mol. The highest BCUT2D eigenvalue weighted by atomic mass is 35.5. The molecule has 2 atom stereocenters. The second-order valence-corrected chi connectivity index (χ2v) is 17.3. The first kappa shape index (κ1) is 35.0. The molecule has 2 aromatic rings. The van der Waals surface area contributed by atoms with Crippen LogP contribution in [0.15, 0.2) is 47.4 Å². The lowest BCUT2D eigenvalue weighted by molar-refractivity contribution is 0.169. The van der Waals surface area contributed by atoms with E-state index >= 15 is 0 Å². The van der Waals surface area contributed by atoms with E-state index in [4.69, 9.17) is 11.6 Å². The van der Waals surface area contributed by atoms with Gasteiger partial charge in [-0.3, -0.25) is 0 Å². The summed E-state index contributed by atoms with van der Waals surface area (Å²) < 4.78 is 35.3. The zero-order valence-corrected chi connectivity index (χ0v) is 30.2. The number of rotatable bonds is 7. The van der Waals surface area contributed by atoms with E-state index in [0.717, 1.165) is 81.7 Å². The molecule has 2 aromatic carbocycles. The number of fused-ring (bicyclic) bond motifs is 1. The Hall–Kier alpha value is -1.33. The van der Waals surface area contributed by atoms with E-state index in [2.05, 4.69) is 39.5 Å². The van der Waals surface area contributed by atoms with Crippen LogP contribution in [-0.4, -0.2) is 92.2 Å². The molecule has 45 heavy (non-hydrogen) atoms. The van der Waals surface area contributed by atoms with Crippen LogP contribution in [0.2, 0.25) is 5.02 Å². The van der Waals surface area contributed by atoms with Gasteiger partial charge in [-0.25, -0.2) is 17.0 Å². The Morgan fingerprint density at radius 2 is 1.56 bits per heavy atom. The van der Waals surface area contributed by atoms with E-state index in [9.17, 15) is 8.42 Å². The Kier molecular flexibility index (Phi) is 12.6. The normalized spacial score (nSPS) is 24.5. The summed E-state index contributed by atoms with van der Waals surface area (Å²) in [6, 6.07) is 13.5. The van der Waals surface area contributed by atoms with Crippen molar-refractivity contribution in [2.24, 2.45) is 11.8 Å². The molecule has 1 aliphatic carbocycles. The van der Waals surface area contributed by atoms with Crippen LogP contribution in [0.25, 0.3) is 0 Å². The summed E-state index contributed by atoms with van der Waals surface area (Å²) in [6.45, 7) is 11.8. The molecule has 7 nitrogen and oxygen atoms in total. The Balaban J connectivity index is 1.35. The first-order chi connectivity index (χ1) is 21.6. The first-order valence-corrected chi connectivity index (χ1v) is 19.6. The topological polar surface area (TPSA) is 50.3 Å². The SMILES string of the molecule is CC1CN(SN2CCc3cc(Cl)ccc3C2)CCCN(CC2CCCCC2)CCCN(S(=O)(=O)c2ccc(N(C)C)cc2)C1C. The third kappa shape index (κ3) is 9.40. The highest BCUT2D eigenvalue weighted by Crippen LogP contribution is 2.31. The quantitative estimate of drug-likeness (QED) is 0.293. The van der Waals surface area contributed by atoms with E-state index in [0.29, 0.717) is 11.4 Å². The maximum absolute atomic E-state index is 14.2. The van der Waals surface area contributed by atoms with Crippen LogP contribution >= 0.6 is 23.7 Å². The van der Waals surface area contributed by atoms with Gasteiger partial charge >= 0.3 is 0 Å². The van der Waals surface area contributed by atoms with Gasteiger partial charge in [0.1, 0.15) is 0 Å². The monoisotopic (exact) mass is 675 g/mol. The van der Waals surface area contributed by atoms with E-state index < -0.39 is 10.0 Å². The molecule has 250 valence electrons. The average Bonchev–Trinajstić information content (AvgIpc) is 3.02. The van der Waals surface area contributed by atoms with Gasteiger partial charge in [0.2, 0.25) is 10.0 Å². The molecule has 3 aliphatic rings. The van der Waals surface area contributed by atoms with Gasteiger partial charge in [0, 0.05) is 82.2 Å². The molecular weight excluding hydrogens is 622 g/mol. The standard InChI is InChI=1S/C35H54ClN5O2S2/c1-28-25-39(44-40-23-18-31-24-33(36)13-12-32(31)27-40)21-8-19-38(26-30-10-6-5-7-11-30)20-9-22-41(29(28)2)45(42,43)35-16-14-34(15-17-35)37(3)4/h12-17,24,28-30H,5-11,18-23,25-27H2,1-4H3. The van der Waals surface area contributed by atoms with Crippen LogP contribution in [0.3, 0.4) is 0 Å². The summed E-state index contributed by atoms with van der Waals surface area (Å²) in [6.07, 6.45) is 9.71. The lowest BCUT2D eigenvalue weighted by atomic mass is 9.89. The number of anilines is 1. The number of benzene rings is 2. The number of halogens is 1. The molecule has 0 radical (unpaired) electrons. The molecule has 0 N–H and O–H groups in total. The fourth-order valence-electron chi connectivity index (χ4n) is 7.20. The van der Waals surface area contributed by atoms with Gasteiger partial charge in [0.15, 0.2) is 0 Å². The number of nitrogens with zero attached hydrogens (tertiary/aromatic N) is 5. The van der Waals surface area contributed by atoms with Crippen molar-refractivity contribution in [3.8, 4) is 0 Å². The summed E-state index contributed by atoms with van der Waals surface area (Å²) in [7, 11) is 0.302. The summed E-state index contributed by atoms with van der Waals surface area (Å²) in [5.41, 5.74) is 3.71. The fourth-order valence-corrected chi connectivity index (χ4v) is 10.4. The molecule has 0 amide bonds. The van der Waals surface area contributed by atoms with Gasteiger partial charge < -0.3 is 9.80 Å². The van der Waals surface area contributed by atoms with Crippen LogP contribution in [0, 0.1) is 11.8 Å². The van der Waals surface area contributed by atoms with Gasteiger partial charge in [0.05, 0.1) is 4.90 Å². The first-order valence-electron chi connectivity index (χ1n) is 17.1. The largest absolute Gasteiger partial charge is 0.378 e. The highest BCUT2D eigenvalue weighted by molar-refractivity contribution is 7.94. The number of sulfonamides is 1. The van der Waals surface area contributed by atoms with Crippen molar-refractivity contribution >= 4 is 39.4 Å². The van der Waals surface area contributed by atoms with Crippen molar-refractivity contribution in [1.82, 2.24) is 17.8 Å². The van der Waals surface area contributed by atoms with Crippen molar-refractivity contribution in [2.75, 3.05) is 64.8 Å². The number of hydrogen-bond acceptors (Lipinski definition) is 7. The third-order valence-corrected chi connectivity index (χ3v) is 13.4. The van der Waals surface area contributed by atoms with Crippen LogP contribution in [0.5, 0.6) is 0 Å². The van der Waals surface area contributed by atoms with Crippen LogP contribution < -0.4 is 4.90 Å². The summed E-state index contributed by atoms with van der Waals surface area (Å²) in [5, 5.41) is 0.812. The molecule has 2 fully saturated rings. The maximum atomic E-state index is 14.2. The van der Waals surface area contributed by atoms with Gasteiger partial charge in [-0.15, -0.1) is 0 Å². The smallest absolute Gasteiger partial charge is 0.243 e. The highest BCUT2D eigenvalue weighted by Gasteiger charge is 2.34. The van der Waals surface area contributed by atoms with E-state index in [-0.39, 0.29) is 12.0 Å². The van der Waals surface area contributed by atoms with Gasteiger partial charge in [-0.2, -0.15) is 4.31 Å². The van der Waals surface area contributed by atoms with E-state index in [1.165, 1.54) is 43.2 Å². The third-order valence-electron chi connectivity index (χ3n) is 10.1. The van der Waals surface area contributed by atoms with Crippen molar-refractivity contribution in [2.45, 2.75) is 82.7 Å². The van der Waals surface area contributed by atoms with Gasteiger partial charge in [-0.1, -0.05) is 43.9 Å². The lowest BCUT2D eigenvalue weighted by Gasteiger charge is -2.38. The van der Waals surface area contributed by atoms with Crippen molar-refractivity contribution in [1.29, 1.82) is 0 Å². The molecule has 2 aliphatic heterocycles.